The first kappa shape index (κ1) is 16.4. The number of aromatic nitrogens is 1. The Morgan fingerprint density at radius 2 is 2.16 bits per heavy atom. The van der Waals surface area contributed by atoms with Crippen LogP contribution in [-0.2, 0) is 11.2 Å². The summed E-state index contributed by atoms with van der Waals surface area (Å²) in [5.41, 5.74) is 3.63. The quantitative estimate of drug-likeness (QED) is 0.894. The van der Waals surface area contributed by atoms with Crippen molar-refractivity contribution >= 4 is 0 Å². The minimum atomic E-state index is 0.00101. The monoisotopic (exact) mass is 340 g/mol. The van der Waals surface area contributed by atoms with E-state index in [0.717, 1.165) is 37.9 Å². The number of aromatic hydroxyl groups is 1. The number of aryl methyl sites for hydroxylation is 1. The molecular weight excluding hydrogens is 316 g/mol. The highest BCUT2D eigenvalue weighted by atomic mass is 16.5. The third-order valence-electron chi connectivity index (χ3n) is 5.25. The number of rotatable bonds is 4. The maximum atomic E-state index is 9.87. The van der Waals surface area contributed by atoms with E-state index in [-0.39, 0.29) is 18.2 Å². The third-order valence-corrected chi connectivity index (χ3v) is 5.25. The number of fused-ring (bicyclic) bond motifs is 1. The van der Waals surface area contributed by atoms with Crippen molar-refractivity contribution in [1.29, 1.82) is 0 Å². The van der Waals surface area contributed by atoms with Crippen molar-refractivity contribution in [2.75, 3.05) is 13.7 Å². The normalized spacial score (nSPS) is 25.6. The number of phenols is 1. The Kier molecular flexibility index (Phi) is 4.59. The van der Waals surface area contributed by atoms with Crippen LogP contribution in [0.3, 0.4) is 0 Å². The Morgan fingerprint density at radius 1 is 1.24 bits per heavy atom. The minimum Gasteiger partial charge on any atom is -0.508 e. The van der Waals surface area contributed by atoms with E-state index in [1.165, 1.54) is 11.1 Å². The zero-order valence-electron chi connectivity index (χ0n) is 14.4. The van der Waals surface area contributed by atoms with Crippen molar-refractivity contribution in [1.82, 2.24) is 10.3 Å². The molecule has 1 aliphatic carbocycles. The van der Waals surface area contributed by atoms with Crippen LogP contribution in [0.25, 0.3) is 0 Å². The van der Waals surface area contributed by atoms with Crippen molar-refractivity contribution in [2.24, 2.45) is 0 Å². The van der Waals surface area contributed by atoms with Crippen LogP contribution in [0.2, 0.25) is 0 Å². The topological polar surface area (TPSA) is 63.6 Å². The largest absolute Gasteiger partial charge is 0.508 e. The first-order valence-corrected chi connectivity index (χ1v) is 8.94. The summed E-state index contributed by atoms with van der Waals surface area (Å²) in [6, 6.07) is 10.1. The summed E-state index contributed by atoms with van der Waals surface area (Å²) in [6.07, 6.45) is 6.14. The van der Waals surface area contributed by atoms with Gasteiger partial charge in [-0.3, -0.25) is 0 Å². The summed E-state index contributed by atoms with van der Waals surface area (Å²) in [5.74, 6) is 0.953. The Hall–Kier alpha value is -2.11. The Bertz CT molecular complexity index is 732. The minimum absolute atomic E-state index is 0.00101. The maximum absolute atomic E-state index is 9.87. The molecule has 2 heterocycles. The summed E-state index contributed by atoms with van der Waals surface area (Å²) < 4.78 is 11.1. The number of pyridine rings is 1. The van der Waals surface area contributed by atoms with Gasteiger partial charge in [0.05, 0.1) is 13.2 Å². The maximum Gasteiger partial charge on any atom is 0.212 e. The fraction of sp³-hybridized carbons (Fsp3) is 0.450. The standard InChI is InChI=1S/C20H24N2O3/c1-24-19-8-6-14(12-21-19)20-18(9-10-25-20)22-17-4-2-3-13-5-7-15(23)11-16(13)17/h5-8,11-12,17-18,20,22-23H,2-4,9-10H2,1H3/t17?,18-,20+/m0/s1. The molecule has 0 radical (unpaired) electrons. The molecule has 0 amide bonds. The summed E-state index contributed by atoms with van der Waals surface area (Å²) in [5, 5.41) is 13.7. The Labute approximate surface area is 148 Å². The average molecular weight is 340 g/mol. The summed E-state index contributed by atoms with van der Waals surface area (Å²) in [4.78, 5) is 4.31. The molecule has 1 aromatic carbocycles. The number of nitrogens with one attached hydrogen (secondary N) is 1. The molecule has 1 saturated heterocycles. The second kappa shape index (κ2) is 7.02. The smallest absolute Gasteiger partial charge is 0.212 e. The van der Waals surface area contributed by atoms with E-state index in [1.807, 2.05) is 24.4 Å². The van der Waals surface area contributed by atoms with Gasteiger partial charge >= 0.3 is 0 Å². The predicted octanol–water partition coefficient (Wildman–Crippen LogP) is 3.29. The molecule has 1 fully saturated rings. The van der Waals surface area contributed by atoms with Gasteiger partial charge in [0.2, 0.25) is 5.88 Å². The SMILES string of the molecule is COc1ccc([C@H]2OCC[C@@H]2NC2CCCc3ccc(O)cc32)cn1. The van der Waals surface area contributed by atoms with E-state index >= 15 is 0 Å². The van der Waals surface area contributed by atoms with Crippen molar-refractivity contribution in [3.05, 3.63) is 53.2 Å². The molecule has 2 N–H and O–H groups in total. The predicted molar refractivity (Wildman–Crippen MR) is 94.8 cm³/mol. The molecule has 1 aliphatic heterocycles. The van der Waals surface area contributed by atoms with Gasteiger partial charge in [-0.25, -0.2) is 4.98 Å². The lowest BCUT2D eigenvalue weighted by atomic mass is 9.86. The lowest BCUT2D eigenvalue weighted by molar-refractivity contribution is 0.0953. The van der Waals surface area contributed by atoms with Crippen LogP contribution in [0.1, 0.15) is 48.1 Å². The van der Waals surface area contributed by atoms with Crippen molar-refractivity contribution in [2.45, 2.75) is 43.9 Å². The van der Waals surface area contributed by atoms with Crippen molar-refractivity contribution in [3.63, 3.8) is 0 Å². The number of hydrogen-bond acceptors (Lipinski definition) is 5. The van der Waals surface area contributed by atoms with Crippen LogP contribution in [-0.4, -0.2) is 29.8 Å². The van der Waals surface area contributed by atoms with Gasteiger partial charge in [-0.15, -0.1) is 0 Å². The van der Waals surface area contributed by atoms with Gasteiger partial charge in [-0.1, -0.05) is 6.07 Å². The summed E-state index contributed by atoms with van der Waals surface area (Å²) in [6.45, 7) is 0.744. The fourth-order valence-electron chi connectivity index (χ4n) is 3.99. The second-order valence-electron chi connectivity index (χ2n) is 6.82. The number of phenolic OH excluding ortho intramolecular Hbond substituents is 1. The molecule has 1 unspecified atom stereocenters. The molecule has 1 aromatic heterocycles. The fourth-order valence-corrected chi connectivity index (χ4v) is 3.99. The van der Waals surface area contributed by atoms with Crippen molar-refractivity contribution in [3.8, 4) is 11.6 Å². The van der Waals surface area contributed by atoms with Gasteiger partial charge in [0.1, 0.15) is 5.75 Å². The number of benzene rings is 1. The first-order chi connectivity index (χ1) is 12.2. The molecule has 2 aliphatic rings. The molecule has 3 atom stereocenters. The zero-order chi connectivity index (χ0) is 17.2. The zero-order valence-corrected chi connectivity index (χ0v) is 14.4. The number of nitrogens with zero attached hydrogens (tertiary/aromatic N) is 1. The number of hydrogen-bond donors (Lipinski definition) is 2. The second-order valence-corrected chi connectivity index (χ2v) is 6.82. The van der Waals surface area contributed by atoms with Gasteiger partial charge in [-0.2, -0.15) is 0 Å². The molecule has 5 nitrogen and oxygen atoms in total. The third kappa shape index (κ3) is 3.34. The molecule has 0 saturated carbocycles. The highest BCUT2D eigenvalue weighted by molar-refractivity contribution is 5.38. The van der Waals surface area contributed by atoms with Gasteiger partial charge in [-0.05, 0) is 55.0 Å². The van der Waals surface area contributed by atoms with E-state index < -0.39 is 0 Å². The summed E-state index contributed by atoms with van der Waals surface area (Å²) in [7, 11) is 1.62. The van der Waals surface area contributed by atoms with Crippen LogP contribution in [0.5, 0.6) is 11.6 Å². The van der Waals surface area contributed by atoms with E-state index in [1.54, 1.807) is 13.2 Å². The van der Waals surface area contributed by atoms with E-state index in [0.29, 0.717) is 11.6 Å². The van der Waals surface area contributed by atoms with E-state index in [9.17, 15) is 5.11 Å². The first-order valence-electron chi connectivity index (χ1n) is 8.94. The van der Waals surface area contributed by atoms with Gasteiger partial charge in [0, 0.05) is 36.5 Å². The van der Waals surface area contributed by atoms with Crippen LogP contribution in [0.4, 0.5) is 0 Å². The van der Waals surface area contributed by atoms with Gasteiger partial charge in [0.25, 0.3) is 0 Å². The van der Waals surface area contributed by atoms with E-state index in [2.05, 4.69) is 16.4 Å². The molecule has 25 heavy (non-hydrogen) atoms. The van der Waals surface area contributed by atoms with E-state index in [4.69, 9.17) is 9.47 Å². The summed E-state index contributed by atoms with van der Waals surface area (Å²) >= 11 is 0. The van der Waals surface area contributed by atoms with Crippen molar-refractivity contribution < 1.29 is 14.6 Å². The average Bonchev–Trinajstić information content (AvgIpc) is 3.10. The Morgan fingerprint density at radius 3 is 2.96 bits per heavy atom. The molecule has 2 aromatic rings. The molecule has 132 valence electrons. The lowest BCUT2D eigenvalue weighted by Gasteiger charge is -2.31. The molecule has 4 rings (SSSR count). The van der Waals surface area contributed by atoms with Gasteiger partial charge in [0.15, 0.2) is 0 Å². The van der Waals surface area contributed by atoms with Crippen LogP contribution >= 0.6 is 0 Å². The van der Waals surface area contributed by atoms with Crippen LogP contribution < -0.4 is 10.1 Å². The number of ether oxygens (including phenoxy) is 2. The molecule has 0 spiro atoms. The highest BCUT2D eigenvalue weighted by Crippen LogP contribution is 2.36. The van der Waals surface area contributed by atoms with Crippen LogP contribution in [0, 0.1) is 0 Å². The lowest BCUT2D eigenvalue weighted by Crippen LogP contribution is -2.36. The van der Waals surface area contributed by atoms with Crippen LogP contribution in [0.15, 0.2) is 36.5 Å². The number of methoxy groups -OCH3 is 1. The molecule has 5 heteroatoms. The molecule has 0 bridgehead atoms. The molecular formula is C20H24N2O3. The van der Waals surface area contributed by atoms with Gasteiger partial charge < -0.3 is 19.9 Å². The highest BCUT2D eigenvalue weighted by Gasteiger charge is 2.33. The Balaban J connectivity index is 1.53.